The number of sulfonamides is 1. The highest BCUT2D eigenvalue weighted by Gasteiger charge is 2.22. The number of rotatable bonds is 10. The zero-order valence-electron chi connectivity index (χ0n) is 21.5. The number of aromatic nitrogens is 3. The number of hydrogen-bond acceptors (Lipinski definition) is 8. The Morgan fingerprint density at radius 1 is 1.08 bits per heavy atom. The number of guanidine groups is 1. The van der Waals surface area contributed by atoms with Gasteiger partial charge in [0, 0.05) is 49.5 Å². The third kappa shape index (κ3) is 6.25. The second-order valence-electron chi connectivity index (χ2n) is 10.0. The van der Waals surface area contributed by atoms with Crippen molar-refractivity contribution in [3.8, 4) is 11.3 Å². The van der Waals surface area contributed by atoms with Crippen molar-refractivity contribution in [3.63, 3.8) is 0 Å². The zero-order chi connectivity index (χ0) is 26.5. The predicted molar refractivity (Wildman–Crippen MR) is 149 cm³/mol. The van der Waals surface area contributed by atoms with E-state index in [4.69, 9.17) is 5.73 Å². The number of nitrogens with two attached hydrogens (primary N) is 1. The minimum Gasteiger partial charge on any atom is -0.370 e. The average Bonchev–Trinajstić information content (AvgIpc) is 3.32. The van der Waals surface area contributed by atoms with Crippen molar-refractivity contribution in [2.24, 2.45) is 10.7 Å². The zero-order valence-corrected chi connectivity index (χ0v) is 22.3. The number of piperidine rings is 1. The highest BCUT2D eigenvalue weighted by atomic mass is 32.2. The van der Waals surface area contributed by atoms with Gasteiger partial charge in [-0.3, -0.25) is 9.56 Å². The fourth-order valence-electron chi connectivity index (χ4n) is 5.05. The second kappa shape index (κ2) is 11.7. The number of aryl methyl sites for hydroxylation is 1. The lowest BCUT2D eigenvalue weighted by Crippen LogP contribution is -2.42. The van der Waals surface area contributed by atoms with Crippen LogP contribution in [-0.4, -0.2) is 72.6 Å². The van der Waals surface area contributed by atoms with Gasteiger partial charge in [0.05, 0.1) is 4.90 Å². The molecule has 2 aliphatic heterocycles. The largest absolute Gasteiger partial charge is 0.370 e. The predicted octanol–water partition coefficient (Wildman–Crippen LogP) is 1.61. The van der Waals surface area contributed by atoms with Crippen LogP contribution in [0.4, 0.5) is 0 Å². The quantitative estimate of drug-likeness (QED) is 0.285. The minimum atomic E-state index is -3.58. The van der Waals surface area contributed by atoms with Crippen molar-refractivity contribution in [2.45, 2.75) is 56.0 Å². The smallest absolute Gasteiger partial charge is 0.349 e. The van der Waals surface area contributed by atoms with Crippen LogP contribution in [0.25, 0.3) is 22.3 Å². The average molecular weight is 541 g/mol. The maximum Gasteiger partial charge on any atom is 0.349 e. The molecule has 1 fully saturated rings. The molecule has 1 aromatic carbocycles. The third-order valence-electron chi connectivity index (χ3n) is 7.22. The summed E-state index contributed by atoms with van der Waals surface area (Å²) in [6, 6.07) is 8.66. The Bertz CT molecular complexity index is 1440. The second-order valence-corrected chi connectivity index (χ2v) is 11.7. The number of fused-ring (bicyclic) bond motifs is 1. The molecule has 5 N–H and O–H groups in total. The Morgan fingerprint density at radius 3 is 2.61 bits per heavy atom. The fourth-order valence-corrected chi connectivity index (χ4v) is 6.35. The molecule has 0 aliphatic carbocycles. The molecule has 204 valence electrons. The Hall–Kier alpha value is -3.22. The lowest BCUT2D eigenvalue weighted by molar-refractivity contribution is 0.374. The Balaban J connectivity index is 1.20. The van der Waals surface area contributed by atoms with Gasteiger partial charge in [-0.2, -0.15) is 4.98 Å². The van der Waals surface area contributed by atoms with Gasteiger partial charge in [-0.1, -0.05) is 12.1 Å². The van der Waals surface area contributed by atoms with E-state index in [0.29, 0.717) is 18.2 Å². The van der Waals surface area contributed by atoms with Crippen molar-refractivity contribution in [1.82, 2.24) is 29.5 Å². The summed E-state index contributed by atoms with van der Waals surface area (Å²) in [7, 11) is -3.58. The Morgan fingerprint density at radius 2 is 1.84 bits per heavy atom. The summed E-state index contributed by atoms with van der Waals surface area (Å²) < 4.78 is 30.0. The van der Waals surface area contributed by atoms with Gasteiger partial charge in [0.2, 0.25) is 10.0 Å². The van der Waals surface area contributed by atoms with Gasteiger partial charge in [0.1, 0.15) is 5.65 Å². The summed E-state index contributed by atoms with van der Waals surface area (Å²) in [6.45, 7) is 4.88. The number of nitrogens with one attached hydrogen (secondary N) is 3. The first-order chi connectivity index (χ1) is 18.4. The Kier molecular flexibility index (Phi) is 8.10. The number of aromatic amines is 1. The summed E-state index contributed by atoms with van der Waals surface area (Å²) in [5, 5.41) is 4.07. The number of H-pyrrole nitrogens is 1. The van der Waals surface area contributed by atoms with E-state index < -0.39 is 10.0 Å². The molecule has 0 radical (unpaired) electrons. The van der Waals surface area contributed by atoms with E-state index in [0.717, 1.165) is 87.9 Å². The van der Waals surface area contributed by atoms with E-state index in [1.165, 1.54) is 0 Å². The number of unbranched alkanes of at least 4 members (excludes halogenated alkanes) is 2. The van der Waals surface area contributed by atoms with Gasteiger partial charge in [-0.15, -0.1) is 0 Å². The van der Waals surface area contributed by atoms with E-state index in [1.54, 1.807) is 28.8 Å². The molecule has 2 aromatic heterocycles. The highest BCUT2D eigenvalue weighted by Crippen LogP contribution is 2.24. The van der Waals surface area contributed by atoms with Gasteiger partial charge >= 0.3 is 5.69 Å². The number of aliphatic imine (C=N–C) groups is 1. The molecule has 38 heavy (non-hydrogen) atoms. The Labute approximate surface area is 222 Å². The van der Waals surface area contributed by atoms with Crippen molar-refractivity contribution >= 4 is 27.0 Å². The maximum atomic E-state index is 12.8. The van der Waals surface area contributed by atoms with Crippen molar-refractivity contribution < 1.29 is 8.42 Å². The van der Waals surface area contributed by atoms with E-state index in [9.17, 15) is 13.2 Å². The van der Waals surface area contributed by atoms with Crippen molar-refractivity contribution in [1.29, 1.82) is 0 Å². The van der Waals surface area contributed by atoms with Gasteiger partial charge in [0.25, 0.3) is 0 Å². The van der Waals surface area contributed by atoms with Crippen LogP contribution >= 0.6 is 0 Å². The summed E-state index contributed by atoms with van der Waals surface area (Å²) in [4.78, 5) is 26.6. The van der Waals surface area contributed by atoms with Crippen LogP contribution < -0.4 is 21.5 Å². The van der Waals surface area contributed by atoms with Crippen LogP contribution in [0.15, 0.2) is 51.2 Å². The molecular weight excluding hydrogens is 504 g/mol. The molecule has 4 heterocycles. The summed E-state index contributed by atoms with van der Waals surface area (Å²) in [5.41, 5.74) is 7.78. The van der Waals surface area contributed by atoms with Crippen LogP contribution in [0.1, 0.15) is 38.5 Å². The first kappa shape index (κ1) is 26.4. The van der Waals surface area contributed by atoms with E-state index >= 15 is 0 Å². The first-order valence-corrected chi connectivity index (χ1v) is 14.9. The van der Waals surface area contributed by atoms with E-state index in [1.807, 2.05) is 12.3 Å². The molecular formula is C26H36N8O3S. The van der Waals surface area contributed by atoms with Crippen LogP contribution in [0.2, 0.25) is 0 Å². The topological polar surface area (TPSA) is 150 Å². The molecule has 12 heteroatoms. The van der Waals surface area contributed by atoms with Crippen LogP contribution in [0.5, 0.6) is 0 Å². The van der Waals surface area contributed by atoms with Gasteiger partial charge in [-0.25, -0.2) is 17.9 Å². The standard InChI is InChI=1S/C26H36N8O3S/c27-25-29-11-4-16-33(25)14-2-1-3-15-34-18-20-17-23(30-24(20)31-26(34)35)19-5-7-22(8-6-19)38(36,37)32-21-9-12-28-13-10-21/h5-8,17-18,21,28,32H,1-4,9-16H2,(H2,27,29)(H,30,31,35). The summed E-state index contributed by atoms with van der Waals surface area (Å²) in [6.07, 6.45) is 7.29. The molecule has 5 rings (SSSR count). The van der Waals surface area contributed by atoms with E-state index in [-0.39, 0.29) is 16.6 Å². The summed E-state index contributed by atoms with van der Waals surface area (Å²) >= 11 is 0. The lowest BCUT2D eigenvalue weighted by Gasteiger charge is -2.26. The monoisotopic (exact) mass is 540 g/mol. The summed E-state index contributed by atoms with van der Waals surface area (Å²) in [5.74, 6) is 0.635. The van der Waals surface area contributed by atoms with Gasteiger partial charge in [0.15, 0.2) is 5.96 Å². The molecule has 0 amide bonds. The van der Waals surface area contributed by atoms with Crippen LogP contribution in [0.3, 0.4) is 0 Å². The fraction of sp³-hybridized carbons (Fsp3) is 0.500. The minimum absolute atomic E-state index is 0.0448. The normalized spacial score (nSPS) is 17.2. The molecule has 0 spiro atoms. The van der Waals surface area contributed by atoms with Gasteiger partial charge < -0.3 is 20.9 Å². The number of benzene rings is 1. The maximum absolute atomic E-state index is 12.8. The van der Waals surface area contributed by atoms with Gasteiger partial charge in [-0.05, 0) is 75.4 Å². The molecule has 1 saturated heterocycles. The molecule has 0 atom stereocenters. The number of nitrogens with zero attached hydrogens (tertiary/aromatic N) is 4. The first-order valence-electron chi connectivity index (χ1n) is 13.4. The molecule has 0 bridgehead atoms. The molecule has 11 nitrogen and oxygen atoms in total. The third-order valence-corrected chi connectivity index (χ3v) is 8.76. The molecule has 2 aliphatic rings. The number of hydrogen-bond donors (Lipinski definition) is 4. The highest BCUT2D eigenvalue weighted by molar-refractivity contribution is 7.89. The molecule has 3 aromatic rings. The molecule has 0 saturated carbocycles. The van der Waals surface area contributed by atoms with E-state index in [2.05, 4.69) is 29.9 Å². The lowest BCUT2D eigenvalue weighted by atomic mass is 10.1. The van der Waals surface area contributed by atoms with Crippen LogP contribution in [0, 0.1) is 0 Å². The molecule has 0 unspecified atom stereocenters. The van der Waals surface area contributed by atoms with Crippen LogP contribution in [-0.2, 0) is 16.6 Å². The van der Waals surface area contributed by atoms with Crippen molar-refractivity contribution in [3.05, 3.63) is 47.0 Å². The van der Waals surface area contributed by atoms with Crippen molar-refractivity contribution in [2.75, 3.05) is 32.7 Å². The SMILES string of the molecule is NC1=NCCCN1CCCCCn1cc2cc(-c3ccc(S(=O)(=O)NC4CCNCC4)cc3)[nH]c2nc1=O.